The molecule has 1 amide bonds. The highest BCUT2D eigenvalue weighted by Crippen LogP contribution is 2.29. The summed E-state index contributed by atoms with van der Waals surface area (Å²) in [6.45, 7) is 2.84. The van der Waals surface area contributed by atoms with Gasteiger partial charge in [-0.15, -0.1) is 10.2 Å². The van der Waals surface area contributed by atoms with Gasteiger partial charge in [0.2, 0.25) is 0 Å². The fourth-order valence-electron chi connectivity index (χ4n) is 4.95. The summed E-state index contributed by atoms with van der Waals surface area (Å²) in [5.74, 6) is -0.433. The first kappa shape index (κ1) is 25.7. The Morgan fingerprint density at radius 2 is 1.93 bits per heavy atom. The standard InChI is InChI=1S/C27H22BrFN8O3/c1-16(21-8-7-19(28)12-22(21)29)35-15-20(30-32-35)10-17-13-34(14-17)27(38)18-6-9-25(26(11-18)37(39)40)36-24-5-3-2-4-23(24)31-33-36/h2-9,11-12,15-17H,10,13-14H2,1H3/t16-/m1/s1. The highest BCUT2D eigenvalue weighted by molar-refractivity contribution is 9.10. The van der Waals surface area contributed by atoms with Gasteiger partial charge < -0.3 is 4.90 Å². The van der Waals surface area contributed by atoms with Crippen LogP contribution in [0, 0.1) is 21.8 Å². The predicted octanol–water partition coefficient (Wildman–Crippen LogP) is 4.75. The van der Waals surface area contributed by atoms with Crippen LogP contribution in [0.4, 0.5) is 10.1 Å². The van der Waals surface area contributed by atoms with E-state index in [1.807, 2.05) is 13.0 Å². The van der Waals surface area contributed by atoms with Crippen LogP contribution in [0.2, 0.25) is 0 Å². The molecule has 0 unspecified atom stereocenters. The second-order valence-corrected chi connectivity index (χ2v) is 10.7. The van der Waals surface area contributed by atoms with Crippen molar-refractivity contribution in [1.29, 1.82) is 0 Å². The second kappa shape index (κ2) is 10.2. The Balaban J connectivity index is 1.12. The normalized spacial score (nSPS) is 14.3. The molecule has 1 atom stereocenters. The van der Waals surface area contributed by atoms with Crippen LogP contribution in [0.25, 0.3) is 16.7 Å². The topological polar surface area (TPSA) is 125 Å². The summed E-state index contributed by atoms with van der Waals surface area (Å²) < 4.78 is 18.1. The molecule has 202 valence electrons. The van der Waals surface area contributed by atoms with Crippen LogP contribution in [0.15, 0.2) is 71.3 Å². The highest BCUT2D eigenvalue weighted by Gasteiger charge is 2.33. The molecule has 0 spiro atoms. The molecule has 1 aliphatic rings. The predicted molar refractivity (Wildman–Crippen MR) is 147 cm³/mol. The number of likely N-dealkylation sites (tertiary alicyclic amines) is 1. The number of nitrogens with zero attached hydrogens (tertiary/aromatic N) is 8. The smallest absolute Gasteiger partial charge is 0.295 e. The lowest BCUT2D eigenvalue weighted by atomic mass is 9.94. The van der Waals surface area contributed by atoms with Crippen LogP contribution < -0.4 is 0 Å². The Hall–Kier alpha value is -4.52. The number of fused-ring (bicyclic) bond motifs is 1. The fraction of sp³-hybridized carbons (Fsp3) is 0.222. The number of nitro benzene ring substituents is 1. The number of hydrogen-bond acceptors (Lipinski definition) is 7. The minimum absolute atomic E-state index is 0.171. The summed E-state index contributed by atoms with van der Waals surface area (Å²) in [5.41, 5.74) is 2.74. The first-order valence-corrected chi connectivity index (χ1v) is 13.3. The van der Waals surface area contributed by atoms with Crippen molar-refractivity contribution in [3.63, 3.8) is 0 Å². The molecule has 13 heteroatoms. The van der Waals surface area contributed by atoms with E-state index in [9.17, 15) is 19.3 Å². The average molecular weight is 605 g/mol. The number of hydrogen-bond donors (Lipinski definition) is 0. The number of halogens is 2. The SMILES string of the molecule is C[C@H](c1ccc(Br)cc1F)n1cc(CC2CN(C(=O)c3ccc(-n4nnc5ccccc54)c([N+](=O)[O-])c3)C2)nn1. The monoisotopic (exact) mass is 604 g/mol. The zero-order chi connectivity index (χ0) is 28.0. The molecule has 0 radical (unpaired) electrons. The van der Waals surface area contributed by atoms with Crippen LogP contribution in [-0.2, 0) is 6.42 Å². The highest BCUT2D eigenvalue weighted by atomic mass is 79.9. The van der Waals surface area contributed by atoms with E-state index in [-0.39, 0.29) is 40.6 Å². The van der Waals surface area contributed by atoms with E-state index >= 15 is 0 Å². The van der Waals surface area contributed by atoms with E-state index in [2.05, 4.69) is 36.6 Å². The van der Waals surface area contributed by atoms with Gasteiger partial charge in [-0.1, -0.05) is 44.6 Å². The Kier molecular flexibility index (Phi) is 6.58. The van der Waals surface area contributed by atoms with Crippen molar-refractivity contribution in [1.82, 2.24) is 34.9 Å². The lowest BCUT2D eigenvalue weighted by Gasteiger charge is -2.39. The third-order valence-electron chi connectivity index (χ3n) is 7.11. The van der Waals surface area contributed by atoms with Crippen LogP contribution in [0.3, 0.4) is 0 Å². The number of para-hydroxylation sites is 1. The van der Waals surface area contributed by atoms with Gasteiger partial charge in [-0.3, -0.25) is 14.9 Å². The quantitative estimate of drug-likeness (QED) is 0.194. The van der Waals surface area contributed by atoms with E-state index in [1.165, 1.54) is 22.9 Å². The Labute approximate surface area is 235 Å². The van der Waals surface area contributed by atoms with Crippen LogP contribution in [-0.4, -0.2) is 58.8 Å². The molecule has 11 nitrogen and oxygen atoms in total. The lowest BCUT2D eigenvalue weighted by molar-refractivity contribution is -0.384. The Bertz CT molecular complexity index is 1760. The molecule has 1 aliphatic heterocycles. The second-order valence-electron chi connectivity index (χ2n) is 9.76. The third-order valence-corrected chi connectivity index (χ3v) is 7.60. The molecule has 0 aliphatic carbocycles. The number of carbonyl (C=O) groups is 1. The minimum atomic E-state index is -0.522. The molecule has 5 aromatic rings. The van der Waals surface area contributed by atoms with Gasteiger partial charge in [0, 0.05) is 41.0 Å². The van der Waals surface area contributed by atoms with E-state index in [4.69, 9.17) is 0 Å². The van der Waals surface area contributed by atoms with Crippen molar-refractivity contribution in [3.8, 4) is 5.69 Å². The summed E-state index contributed by atoms with van der Waals surface area (Å²) in [5, 5.41) is 28.4. The van der Waals surface area contributed by atoms with Crippen molar-refractivity contribution < 1.29 is 14.1 Å². The zero-order valence-electron chi connectivity index (χ0n) is 21.2. The lowest BCUT2D eigenvalue weighted by Crippen LogP contribution is -2.50. The van der Waals surface area contributed by atoms with Gasteiger partial charge in [0.1, 0.15) is 17.0 Å². The summed E-state index contributed by atoms with van der Waals surface area (Å²) in [4.78, 5) is 26.1. The molecule has 3 aromatic carbocycles. The van der Waals surface area contributed by atoms with Crippen molar-refractivity contribution in [2.24, 2.45) is 5.92 Å². The molecule has 2 aromatic heterocycles. The van der Waals surface area contributed by atoms with Crippen molar-refractivity contribution in [3.05, 3.63) is 104 Å². The van der Waals surface area contributed by atoms with Gasteiger partial charge in [0.05, 0.1) is 22.2 Å². The number of rotatable bonds is 7. The van der Waals surface area contributed by atoms with E-state index < -0.39 is 4.92 Å². The number of carbonyl (C=O) groups excluding carboxylic acids is 1. The zero-order valence-corrected chi connectivity index (χ0v) is 22.8. The summed E-state index contributed by atoms with van der Waals surface area (Å²) in [6, 6.07) is 16.1. The van der Waals surface area contributed by atoms with E-state index in [0.717, 1.165) is 5.69 Å². The van der Waals surface area contributed by atoms with Crippen molar-refractivity contribution in [2.75, 3.05) is 13.1 Å². The maximum atomic E-state index is 14.4. The fourth-order valence-corrected chi connectivity index (χ4v) is 5.28. The number of amides is 1. The van der Waals surface area contributed by atoms with Crippen LogP contribution in [0.1, 0.15) is 34.6 Å². The maximum Gasteiger partial charge on any atom is 0.295 e. The summed E-state index contributed by atoms with van der Waals surface area (Å²) in [7, 11) is 0. The molecule has 3 heterocycles. The summed E-state index contributed by atoms with van der Waals surface area (Å²) >= 11 is 3.27. The van der Waals surface area contributed by atoms with Gasteiger partial charge in [-0.25, -0.2) is 13.8 Å². The molecule has 6 rings (SSSR count). The number of aromatic nitrogens is 6. The largest absolute Gasteiger partial charge is 0.338 e. The molecule has 1 fully saturated rings. The number of nitro groups is 1. The minimum Gasteiger partial charge on any atom is -0.338 e. The average Bonchev–Trinajstić information content (AvgIpc) is 3.57. The van der Waals surface area contributed by atoms with E-state index in [0.29, 0.717) is 40.6 Å². The molecule has 40 heavy (non-hydrogen) atoms. The van der Waals surface area contributed by atoms with Gasteiger partial charge in [0.25, 0.3) is 11.6 Å². The Morgan fingerprint density at radius 1 is 1.12 bits per heavy atom. The maximum absolute atomic E-state index is 14.4. The van der Waals surface area contributed by atoms with E-state index in [1.54, 1.807) is 52.2 Å². The molecular weight excluding hydrogens is 583 g/mol. The summed E-state index contributed by atoms with van der Waals surface area (Å²) in [6.07, 6.45) is 2.41. The first-order chi connectivity index (χ1) is 19.3. The first-order valence-electron chi connectivity index (χ1n) is 12.5. The Morgan fingerprint density at radius 3 is 2.70 bits per heavy atom. The van der Waals surface area contributed by atoms with Crippen LogP contribution in [0.5, 0.6) is 0 Å². The molecular formula is C27H22BrFN8O3. The van der Waals surface area contributed by atoms with Crippen LogP contribution >= 0.6 is 15.9 Å². The number of benzene rings is 3. The third kappa shape index (κ3) is 4.72. The van der Waals surface area contributed by atoms with Gasteiger partial charge in [-0.2, -0.15) is 0 Å². The molecule has 0 saturated carbocycles. The van der Waals surface area contributed by atoms with Gasteiger partial charge in [-0.05, 0) is 55.7 Å². The van der Waals surface area contributed by atoms with Gasteiger partial charge in [0.15, 0.2) is 0 Å². The van der Waals surface area contributed by atoms with Crippen molar-refractivity contribution >= 4 is 38.6 Å². The van der Waals surface area contributed by atoms with Crippen molar-refractivity contribution in [2.45, 2.75) is 19.4 Å². The molecule has 0 N–H and O–H groups in total. The molecule has 0 bridgehead atoms. The molecule has 1 saturated heterocycles. The van der Waals surface area contributed by atoms with Gasteiger partial charge >= 0.3 is 0 Å².